The predicted octanol–water partition coefficient (Wildman–Crippen LogP) is 0.281. The number of carbonyl (C=O) groups excluding carboxylic acids is 1. The second kappa shape index (κ2) is 5.32. The van der Waals surface area contributed by atoms with Gasteiger partial charge < -0.3 is 15.4 Å². The van der Waals surface area contributed by atoms with Crippen LogP contribution in [0.25, 0.3) is 0 Å². The van der Waals surface area contributed by atoms with Crippen LogP contribution in [0.4, 0.5) is 0 Å². The standard InChI is InChI=1S/C10H20N2O2/c1-3-14-7-9(13)11-8-10(2)5-4-6-12-10/h12H,3-8H2,1-2H3,(H,11,13). The molecule has 1 saturated heterocycles. The minimum Gasteiger partial charge on any atom is -0.372 e. The van der Waals surface area contributed by atoms with E-state index in [4.69, 9.17) is 4.74 Å². The Labute approximate surface area is 85.4 Å². The predicted molar refractivity (Wildman–Crippen MR) is 55.1 cm³/mol. The quantitative estimate of drug-likeness (QED) is 0.670. The van der Waals surface area contributed by atoms with Gasteiger partial charge in [-0.2, -0.15) is 0 Å². The van der Waals surface area contributed by atoms with Gasteiger partial charge in [0, 0.05) is 18.7 Å². The normalized spacial score (nSPS) is 26.4. The summed E-state index contributed by atoms with van der Waals surface area (Å²) >= 11 is 0. The number of nitrogens with one attached hydrogen (secondary N) is 2. The highest BCUT2D eigenvalue weighted by atomic mass is 16.5. The third-order valence-electron chi connectivity index (χ3n) is 2.57. The van der Waals surface area contributed by atoms with E-state index in [1.165, 1.54) is 6.42 Å². The molecule has 0 aromatic rings. The molecule has 1 aliphatic heterocycles. The van der Waals surface area contributed by atoms with Gasteiger partial charge in [-0.05, 0) is 33.2 Å². The van der Waals surface area contributed by atoms with Gasteiger partial charge in [-0.15, -0.1) is 0 Å². The minimum absolute atomic E-state index is 0.0261. The Morgan fingerprint density at radius 2 is 2.43 bits per heavy atom. The van der Waals surface area contributed by atoms with Gasteiger partial charge in [0.15, 0.2) is 0 Å². The fraction of sp³-hybridized carbons (Fsp3) is 0.900. The van der Waals surface area contributed by atoms with E-state index in [0.29, 0.717) is 13.2 Å². The van der Waals surface area contributed by atoms with Gasteiger partial charge in [0.1, 0.15) is 6.61 Å². The average molecular weight is 200 g/mol. The maximum Gasteiger partial charge on any atom is 0.246 e. The number of carbonyl (C=O) groups is 1. The Morgan fingerprint density at radius 1 is 1.64 bits per heavy atom. The molecule has 1 atom stereocenters. The van der Waals surface area contributed by atoms with Crippen molar-refractivity contribution in [3.63, 3.8) is 0 Å². The molecule has 2 N–H and O–H groups in total. The minimum atomic E-state index is -0.0261. The number of hydrogen-bond acceptors (Lipinski definition) is 3. The van der Waals surface area contributed by atoms with Crippen molar-refractivity contribution in [3.8, 4) is 0 Å². The summed E-state index contributed by atoms with van der Waals surface area (Å²) in [5, 5.41) is 6.26. The van der Waals surface area contributed by atoms with E-state index >= 15 is 0 Å². The maximum atomic E-state index is 11.2. The van der Waals surface area contributed by atoms with Crippen molar-refractivity contribution in [2.24, 2.45) is 0 Å². The Morgan fingerprint density at radius 3 is 3.00 bits per heavy atom. The third-order valence-corrected chi connectivity index (χ3v) is 2.57. The first-order valence-electron chi connectivity index (χ1n) is 5.26. The van der Waals surface area contributed by atoms with Crippen LogP contribution in [0.2, 0.25) is 0 Å². The fourth-order valence-corrected chi connectivity index (χ4v) is 1.65. The summed E-state index contributed by atoms with van der Waals surface area (Å²) in [5.74, 6) is -0.0261. The molecule has 0 aliphatic carbocycles. The second-order valence-electron chi connectivity index (χ2n) is 4.00. The van der Waals surface area contributed by atoms with E-state index in [-0.39, 0.29) is 18.1 Å². The molecule has 0 aromatic heterocycles. The molecule has 82 valence electrons. The molecule has 1 heterocycles. The molecule has 4 heteroatoms. The van der Waals surface area contributed by atoms with Crippen LogP contribution in [0, 0.1) is 0 Å². The third kappa shape index (κ3) is 3.64. The molecule has 14 heavy (non-hydrogen) atoms. The van der Waals surface area contributed by atoms with E-state index in [9.17, 15) is 4.79 Å². The van der Waals surface area contributed by atoms with Gasteiger partial charge in [0.2, 0.25) is 5.91 Å². The number of ether oxygens (including phenoxy) is 1. The van der Waals surface area contributed by atoms with Crippen molar-refractivity contribution < 1.29 is 9.53 Å². The van der Waals surface area contributed by atoms with Crippen LogP contribution in [0.1, 0.15) is 26.7 Å². The molecule has 1 rings (SSSR count). The Balaban J connectivity index is 2.15. The van der Waals surface area contributed by atoms with Crippen LogP contribution < -0.4 is 10.6 Å². The van der Waals surface area contributed by atoms with Crippen molar-refractivity contribution >= 4 is 5.91 Å². The van der Waals surface area contributed by atoms with Gasteiger partial charge in [-0.25, -0.2) is 0 Å². The summed E-state index contributed by atoms with van der Waals surface area (Å²) in [7, 11) is 0. The van der Waals surface area contributed by atoms with Crippen molar-refractivity contribution in [2.75, 3.05) is 26.3 Å². The first-order chi connectivity index (χ1) is 6.66. The lowest BCUT2D eigenvalue weighted by atomic mass is 10.0. The first kappa shape index (κ1) is 11.5. The zero-order valence-electron chi connectivity index (χ0n) is 9.06. The lowest BCUT2D eigenvalue weighted by molar-refractivity contribution is -0.125. The molecule has 0 bridgehead atoms. The second-order valence-corrected chi connectivity index (χ2v) is 4.00. The Hall–Kier alpha value is -0.610. The smallest absolute Gasteiger partial charge is 0.246 e. The van der Waals surface area contributed by atoms with E-state index in [1.54, 1.807) is 0 Å². The van der Waals surface area contributed by atoms with Gasteiger partial charge in [0.25, 0.3) is 0 Å². The first-order valence-corrected chi connectivity index (χ1v) is 5.26. The van der Waals surface area contributed by atoms with E-state index in [2.05, 4.69) is 17.6 Å². The lowest BCUT2D eigenvalue weighted by Crippen LogP contribution is -2.48. The number of amides is 1. The van der Waals surface area contributed by atoms with Crippen LogP contribution in [0.15, 0.2) is 0 Å². The summed E-state index contributed by atoms with van der Waals surface area (Å²) in [6, 6.07) is 0. The Kier molecular flexibility index (Phi) is 4.35. The molecule has 1 unspecified atom stereocenters. The topological polar surface area (TPSA) is 50.4 Å². The Bertz CT molecular complexity index is 189. The zero-order valence-corrected chi connectivity index (χ0v) is 9.06. The van der Waals surface area contributed by atoms with Gasteiger partial charge in [-0.1, -0.05) is 0 Å². The highest BCUT2D eigenvalue weighted by Crippen LogP contribution is 2.16. The zero-order chi connectivity index (χ0) is 10.4. The summed E-state index contributed by atoms with van der Waals surface area (Å²) in [5.41, 5.74) is 0.0852. The largest absolute Gasteiger partial charge is 0.372 e. The van der Waals surface area contributed by atoms with Crippen LogP contribution in [0.3, 0.4) is 0 Å². The lowest BCUT2D eigenvalue weighted by Gasteiger charge is -2.24. The molecule has 1 amide bonds. The van der Waals surface area contributed by atoms with Gasteiger partial charge in [0.05, 0.1) is 0 Å². The van der Waals surface area contributed by atoms with Crippen LogP contribution in [0.5, 0.6) is 0 Å². The van der Waals surface area contributed by atoms with Gasteiger partial charge >= 0.3 is 0 Å². The molecule has 4 nitrogen and oxygen atoms in total. The SMILES string of the molecule is CCOCC(=O)NCC1(C)CCCN1. The monoisotopic (exact) mass is 200 g/mol. The molecular formula is C10H20N2O2. The van der Waals surface area contributed by atoms with Crippen molar-refractivity contribution in [2.45, 2.75) is 32.2 Å². The van der Waals surface area contributed by atoms with Crippen LogP contribution in [-0.2, 0) is 9.53 Å². The number of rotatable bonds is 5. The van der Waals surface area contributed by atoms with E-state index in [0.717, 1.165) is 13.0 Å². The van der Waals surface area contributed by atoms with Crippen molar-refractivity contribution in [1.82, 2.24) is 10.6 Å². The maximum absolute atomic E-state index is 11.2. The summed E-state index contributed by atoms with van der Waals surface area (Å²) in [6.07, 6.45) is 2.32. The number of hydrogen-bond donors (Lipinski definition) is 2. The van der Waals surface area contributed by atoms with Crippen LogP contribution >= 0.6 is 0 Å². The molecule has 0 radical (unpaired) electrons. The van der Waals surface area contributed by atoms with Crippen LogP contribution in [-0.4, -0.2) is 37.7 Å². The van der Waals surface area contributed by atoms with Crippen molar-refractivity contribution in [1.29, 1.82) is 0 Å². The van der Waals surface area contributed by atoms with Gasteiger partial charge in [-0.3, -0.25) is 4.79 Å². The molecule has 0 spiro atoms. The molecule has 0 saturated carbocycles. The highest BCUT2D eigenvalue weighted by Gasteiger charge is 2.27. The average Bonchev–Trinajstić information content (AvgIpc) is 2.60. The van der Waals surface area contributed by atoms with Crippen molar-refractivity contribution in [3.05, 3.63) is 0 Å². The fourth-order valence-electron chi connectivity index (χ4n) is 1.65. The molecular weight excluding hydrogens is 180 g/mol. The summed E-state index contributed by atoms with van der Waals surface area (Å²) in [6.45, 7) is 6.53. The highest BCUT2D eigenvalue weighted by molar-refractivity contribution is 5.77. The molecule has 0 aromatic carbocycles. The molecule has 1 aliphatic rings. The molecule has 1 fully saturated rings. The summed E-state index contributed by atoms with van der Waals surface area (Å²) in [4.78, 5) is 11.2. The van der Waals surface area contributed by atoms with E-state index < -0.39 is 0 Å². The summed E-state index contributed by atoms with van der Waals surface area (Å²) < 4.78 is 5.01. The van der Waals surface area contributed by atoms with E-state index in [1.807, 2.05) is 6.92 Å².